The fraction of sp³-hybridized carbons (Fsp3) is 0.364. The van der Waals surface area contributed by atoms with Crippen molar-refractivity contribution in [3.8, 4) is 0 Å². The van der Waals surface area contributed by atoms with Crippen molar-refractivity contribution in [2.45, 2.75) is 52.2 Å². The van der Waals surface area contributed by atoms with Crippen LogP contribution in [0.15, 0.2) is 48.5 Å². The standard InChI is InChI=1S/C22H26ClFN2O2/c1-15(2)25-22(28)16(3)26(14-17-8-11-19(24)12-9-17)21(27)13-10-18-6-4-5-7-20(18)23/h4-9,11-12,15-16H,10,13-14H2,1-3H3,(H,25,28)/t16-/m1/s1. The predicted octanol–water partition coefficient (Wildman–Crippen LogP) is 4.35. The van der Waals surface area contributed by atoms with E-state index in [4.69, 9.17) is 11.6 Å². The summed E-state index contributed by atoms with van der Waals surface area (Å²) < 4.78 is 13.2. The SMILES string of the molecule is CC(C)NC(=O)[C@@H](C)N(Cc1ccc(F)cc1)C(=O)CCc1ccccc1Cl. The fourth-order valence-corrected chi connectivity index (χ4v) is 3.09. The molecule has 150 valence electrons. The molecule has 0 aliphatic carbocycles. The molecule has 0 radical (unpaired) electrons. The second-order valence-electron chi connectivity index (χ2n) is 7.08. The van der Waals surface area contributed by atoms with E-state index < -0.39 is 6.04 Å². The lowest BCUT2D eigenvalue weighted by Gasteiger charge is -2.29. The molecule has 2 aromatic rings. The van der Waals surface area contributed by atoms with Crippen LogP contribution in [-0.4, -0.2) is 28.8 Å². The number of nitrogens with one attached hydrogen (secondary N) is 1. The topological polar surface area (TPSA) is 49.4 Å². The molecule has 0 unspecified atom stereocenters. The number of hydrogen-bond acceptors (Lipinski definition) is 2. The van der Waals surface area contributed by atoms with Gasteiger partial charge in [0.05, 0.1) is 0 Å². The van der Waals surface area contributed by atoms with Gasteiger partial charge in [0, 0.05) is 24.0 Å². The maximum Gasteiger partial charge on any atom is 0.242 e. The molecule has 28 heavy (non-hydrogen) atoms. The van der Waals surface area contributed by atoms with Gasteiger partial charge in [-0.2, -0.15) is 0 Å². The molecule has 0 bridgehead atoms. The Balaban J connectivity index is 2.15. The number of carbonyl (C=O) groups excluding carboxylic acids is 2. The predicted molar refractivity (Wildman–Crippen MR) is 109 cm³/mol. The Kier molecular flexibility index (Phi) is 8.00. The Morgan fingerprint density at radius 3 is 2.32 bits per heavy atom. The van der Waals surface area contributed by atoms with E-state index in [1.807, 2.05) is 32.0 Å². The third-order valence-electron chi connectivity index (χ3n) is 4.43. The summed E-state index contributed by atoms with van der Waals surface area (Å²) in [5, 5.41) is 3.46. The normalized spacial score (nSPS) is 11.9. The zero-order chi connectivity index (χ0) is 20.7. The van der Waals surface area contributed by atoms with Crippen molar-refractivity contribution in [2.24, 2.45) is 0 Å². The first-order valence-electron chi connectivity index (χ1n) is 9.35. The van der Waals surface area contributed by atoms with Crippen molar-refractivity contribution >= 4 is 23.4 Å². The monoisotopic (exact) mass is 404 g/mol. The van der Waals surface area contributed by atoms with Crippen molar-refractivity contribution in [3.63, 3.8) is 0 Å². The maximum absolute atomic E-state index is 13.2. The van der Waals surface area contributed by atoms with Crippen LogP contribution < -0.4 is 5.32 Å². The number of amides is 2. The van der Waals surface area contributed by atoms with Crippen LogP contribution in [0.1, 0.15) is 38.3 Å². The summed E-state index contributed by atoms with van der Waals surface area (Å²) in [5.74, 6) is -0.718. The van der Waals surface area contributed by atoms with Crippen LogP contribution in [0, 0.1) is 5.82 Å². The molecule has 0 saturated heterocycles. The molecule has 0 saturated carbocycles. The highest BCUT2D eigenvalue weighted by atomic mass is 35.5. The lowest BCUT2D eigenvalue weighted by atomic mass is 10.1. The van der Waals surface area contributed by atoms with Gasteiger partial charge in [-0.05, 0) is 56.5 Å². The van der Waals surface area contributed by atoms with Crippen molar-refractivity contribution in [1.82, 2.24) is 10.2 Å². The quantitative estimate of drug-likeness (QED) is 0.710. The highest BCUT2D eigenvalue weighted by Crippen LogP contribution is 2.18. The summed E-state index contributed by atoms with van der Waals surface area (Å²) in [4.78, 5) is 27.0. The molecule has 0 aromatic heterocycles. The van der Waals surface area contributed by atoms with Gasteiger partial charge in [0.1, 0.15) is 11.9 Å². The third-order valence-corrected chi connectivity index (χ3v) is 4.80. The van der Waals surface area contributed by atoms with Crippen molar-refractivity contribution in [2.75, 3.05) is 0 Å². The molecular weight excluding hydrogens is 379 g/mol. The molecular formula is C22H26ClFN2O2. The van der Waals surface area contributed by atoms with Crippen LogP contribution in [0.25, 0.3) is 0 Å². The Hall–Kier alpha value is -2.40. The molecule has 0 spiro atoms. The minimum atomic E-state index is -0.647. The van der Waals surface area contributed by atoms with E-state index in [-0.39, 0.29) is 36.6 Å². The Morgan fingerprint density at radius 2 is 1.71 bits per heavy atom. The number of nitrogens with zero attached hydrogens (tertiary/aromatic N) is 1. The summed E-state index contributed by atoms with van der Waals surface area (Å²) >= 11 is 6.18. The first-order valence-corrected chi connectivity index (χ1v) is 9.73. The third kappa shape index (κ3) is 6.34. The van der Waals surface area contributed by atoms with Gasteiger partial charge in [-0.15, -0.1) is 0 Å². The molecule has 0 heterocycles. The van der Waals surface area contributed by atoms with Crippen molar-refractivity contribution in [3.05, 3.63) is 70.5 Å². The summed E-state index contributed by atoms with van der Waals surface area (Å²) in [6, 6.07) is 12.7. The maximum atomic E-state index is 13.2. The van der Waals surface area contributed by atoms with Gasteiger partial charge in [0.25, 0.3) is 0 Å². The number of benzene rings is 2. The first kappa shape index (κ1) is 21.9. The van der Waals surface area contributed by atoms with E-state index in [9.17, 15) is 14.0 Å². The summed E-state index contributed by atoms with van der Waals surface area (Å²) in [6.45, 7) is 5.67. The molecule has 2 aromatic carbocycles. The van der Waals surface area contributed by atoms with Crippen molar-refractivity contribution < 1.29 is 14.0 Å². The lowest BCUT2D eigenvalue weighted by molar-refractivity contribution is -0.140. The summed E-state index contributed by atoms with van der Waals surface area (Å²) in [5.41, 5.74) is 1.65. The zero-order valence-electron chi connectivity index (χ0n) is 16.4. The molecule has 1 N–H and O–H groups in total. The van der Waals surface area contributed by atoms with Crippen molar-refractivity contribution in [1.29, 1.82) is 0 Å². The second kappa shape index (κ2) is 10.2. The molecule has 0 aliphatic rings. The molecule has 4 nitrogen and oxygen atoms in total. The van der Waals surface area contributed by atoms with Crippen LogP contribution in [0.2, 0.25) is 5.02 Å². The van der Waals surface area contributed by atoms with Gasteiger partial charge in [-0.1, -0.05) is 41.9 Å². The number of hydrogen-bond donors (Lipinski definition) is 1. The number of halogens is 2. The molecule has 2 amide bonds. The van der Waals surface area contributed by atoms with E-state index in [2.05, 4.69) is 5.32 Å². The summed E-state index contributed by atoms with van der Waals surface area (Å²) in [7, 11) is 0. The molecule has 6 heteroatoms. The highest BCUT2D eigenvalue weighted by Gasteiger charge is 2.26. The van der Waals surface area contributed by atoms with E-state index >= 15 is 0 Å². The average Bonchev–Trinajstić information content (AvgIpc) is 2.65. The van der Waals surface area contributed by atoms with E-state index in [1.165, 1.54) is 17.0 Å². The van der Waals surface area contributed by atoms with E-state index in [0.717, 1.165) is 11.1 Å². The molecule has 1 atom stereocenters. The van der Waals surface area contributed by atoms with Gasteiger partial charge < -0.3 is 10.2 Å². The number of rotatable bonds is 8. The number of aryl methyl sites for hydroxylation is 1. The lowest BCUT2D eigenvalue weighted by Crippen LogP contribution is -2.49. The van der Waals surface area contributed by atoms with Gasteiger partial charge >= 0.3 is 0 Å². The van der Waals surface area contributed by atoms with E-state index in [1.54, 1.807) is 25.1 Å². The Morgan fingerprint density at radius 1 is 1.07 bits per heavy atom. The Labute approximate surface area is 170 Å². The zero-order valence-corrected chi connectivity index (χ0v) is 17.2. The molecule has 2 rings (SSSR count). The molecule has 0 fully saturated rings. The largest absolute Gasteiger partial charge is 0.352 e. The number of carbonyl (C=O) groups is 2. The van der Waals surface area contributed by atoms with Crippen LogP contribution in [-0.2, 0) is 22.6 Å². The van der Waals surface area contributed by atoms with Gasteiger partial charge in [0.2, 0.25) is 11.8 Å². The smallest absolute Gasteiger partial charge is 0.242 e. The first-order chi connectivity index (χ1) is 13.3. The fourth-order valence-electron chi connectivity index (χ4n) is 2.86. The molecule has 0 aliphatic heterocycles. The second-order valence-corrected chi connectivity index (χ2v) is 7.49. The van der Waals surface area contributed by atoms with E-state index in [0.29, 0.717) is 11.4 Å². The Bertz CT molecular complexity index is 808. The van der Waals surface area contributed by atoms with Gasteiger partial charge in [0.15, 0.2) is 0 Å². The minimum absolute atomic E-state index is 0.0270. The van der Waals surface area contributed by atoms with Crippen LogP contribution >= 0.6 is 11.6 Å². The summed E-state index contributed by atoms with van der Waals surface area (Å²) in [6.07, 6.45) is 0.709. The minimum Gasteiger partial charge on any atom is -0.352 e. The van der Waals surface area contributed by atoms with Crippen LogP contribution in [0.3, 0.4) is 0 Å². The van der Waals surface area contributed by atoms with Gasteiger partial charge in [-0.25, -0.2) is 4.39 Å². The van der Waals surface area contributed by atoms with Crippen LogP contribution in [0.5, 0.6) is 0 Å². The van der Waals surface area contributed by atoms with Crippen LogP contribution in [0.4, 0.5) is 4.39 Å². The average molecular weight is 405 g/mol. The van der Waals surface area contributed by atoms with Gasteiger partial charge in [-0.3, -0.25) is 9.59 Å². The highest BCUT2D eigenvalue weighted by molar-refractivity contribution is 6.31.